The normalized spacial score (nSPS) is 32.4. The summed E-state index contributed by atoms with van der Waals surface area (Å²) in [5.41, 5.74) is 0.437. The molecule has 3 fully saturated rings. The van der Waals surface area contributed by atoms with Crippen molar-refractivity contribution in [3.63, 3.8) is 0 Å². The zero-order valence-electron chi connectivity index (χ0n) is 9.71. The van der Waals surface area contributed by atoms with Crippen molar-refractivity contribution in [2.75, 3.05) is 17.3 Å². The summed E-state index contributed by atoms with van der Waals surface area (Å²) in [5, 5.41) is 4.97. The zero-order valence-corrected chi connectivity index (χ0v) is 11.3. The summed E-state index contributed by atoms with van der Waals surface area (Å²) in [7, 11) is 0. The van der Waals surface area contributed by atoms with Crippen LogP contribution in [0.2, 0.25) is 0 Å². The van der Waals surface area contributed by atoms with Crippen LogP contribution in [-0.2, 0) is 0 Å². The van der Waals surface area contributed by atoms with E-state index in [-0.39, 0.29) is 0 Å². The Morgan fingerprint density at radius 2 is 1.94 bits per heavy atom. The predicted octanol–water partition coefficient (Wildman–Crippen LogP) is 2.89. The second-order valence-electron chi connectivity index (χ2n) is 5.18. The van der Waals surface area contributed by atoms with Gasteiger partial charge in [0.25, 0.3) is 0 Å². The lowest BCUT2D eigenvalue weighted by molar-refractivity contribution is 0.451. The quantitative estimate of drug-likeness (QED) is 0.781. The Balaban J connectivity index is 1.61. The lowest BCUT2D eigenvalue weighted by atomic mass is 10.0. The highest BCUT2D eigenvalue weighted by Crippen LogP contribution is 2.37. The molecule has 2 heterocycles. The lowest BCUT2D eigenvalue weighted by Crippen LogP contribution is -2.41. The van der Waals surface area contributed by atoms with Gasteiger partial charge in [-0.15, -0.1) is 0 Å². The molecule has 2 nitrogen and oxygen atoms in total. The van der Waals surface area contributed by atoms with Crippen LogP contribution in [0.15, 0.2) is 4.99 Å². The van der Waals surface area contributed by atoms with E-state index in [1.165, 1.54) is 61.0 Å². The van der Waals surface area contributed by atoms with E-state index in [0.717, 1.165) is 0 Å². The first kappa shape index (κ1) is 11.3. The van der Waals surface area contributed by atoms with Gasteiger partial charge in [0.1, 0.15) is 0 Å². The molecule has 0 bridgehead atoms. The number of thioether (sulfide) groups is 2. The maximum Gasteiger partial charge on any atom is 0.157 e. The first-order valence-electron chi connectivity index (χ1n) is 6.43. The topological polar surface area (TPSA) is 24.4 Å². The molecule has 0 aromatic heterocycles. The van der Waals surface area contributed by atoms with Crippen molar-refractivity contribution in [1.29, 1.82) is 0 Å². The minimum atomic E-state index is 0.437. The molecule has 1 saturated carbocycles. The summed E-state index contributed by atoms with van der Waals surface area (Å²) in [4.78, 5) is 4.91. The summed E-state index contributed by atoms with van der Waals surface area (Å²) in [6.07, 6.45) is 8.09. The van der Waals surface area contributed by atoms with Crippen molar-refractivity contribution in [2.45, 2.75) is 50.1 Å². The van der Waals surface area contributed by atoms with Crippen molar-refractivity contribution >= 4 is 28.7 Å². The average Bonchev–Trinajstić information content (AvgIpc) is 2.92. The first-order chi connectivity index (χ1) is 7.86. The maximum absolute atomic E-state index is 4.91. The lowest BCUT2D eigenvalue weighted by Gasteiger charge is -2.23. The van der Waals surface area contributed by atoms with E-state index in [2.05, 4.69) is 17.1 Å². The molecule has 0 amide bonds. The molecule has 1 N–H and O–H groups in total. The van der Waals surface area contributed by atoms with E-state index < -0.39 is 0 Å². The Bertz CT molecular complexity index is 279. The molecule has 0 aromatic rings. The molecule has 2 saturated heterocycles. The molecule has 1 aliphatic carbocycles. The minimum Gasteiger partial charge on any atom is -0.359 e. The van der Waals surface area contributed by atoms with Crippen LogP contribution in [0.25, 0.3) is 0 Å². The van der Waals surface area contributed by atoms with Crippen molar-refractivity contribution < 1.29 is 0 Å². The molecule has 90 valence electrons. The molecule has 0 aromatic carbocycles. The second-order valence-corrected chi connectivity index (χ2v) is 7.37. The highest BCUT2D eigenvalue weighted by Gasteiger charge is 2.39. The zero-order chi connectivity index (χ0) is 10.8. The monoisotopic (exact) mass is 256 g/mol. The number of amidine groups is 1. The Morgan fingerprint density at radius 1 is 1.19 bits per heavy atom. The molecular weight excluding hydrogens is 236 g/mol. The fourth-order valence-corrected chi connectivity index (χ4v) is 5.24. The molecule has 2 aliphatic heterocycles. The van der Waals surface area contributed by atoms with Gasteiger partial charge in [-0.2, -0.15) is 11.8 Å². The van der Waals surface area contributed by atoms with Crippen LogP contribution in [0.1, 0.15) is 38.5 Å². The number of aliphatic imine (C=N–C) groups is 1. The smallest absolute Gasteiger partial charge is 0.157 e. The summed E-state index contributed by atoms with van der Waals surface area (Å²) < 4.78 is 0. The Morgan fingerprint density at radius 3 is 2.69 bits per heavy atom. The van der Waals surface area contributed by atoms with E-state index in [1.54, 1.807) is 0 Å². The van der Waals surface area contributed by atoms with Gasteiger partial charge in [-0.1, -0.05) is 24.6 Å². The second kappa shape index (κ2) is 4.81. The summed E-state index contributed by atoms with van der Waals surface area (Å²) in [6, 6.07) is 0.604. The van der Waals surface area contributed by atoms with Crippen molar-refractivity contribution in [2.24, 2.45) is 4.99 Å². The standard InChI is InChI=1S/C12H20N2S2/c1-2-6-12(5-1)9-16-11(14-12)13-10-3-7-15-8-4-10/h10H,1-9H2,(H,13,14). The van der Waals surface area contributed by atoms with Crippen molar-refractivity contribution in [3.05, 3.63) is 0 Å². The van der Waals surface area contributed by atoms with E-state index in [4.69, 9.17) is 4.99 Å². The summed E-state index contributed by atoms with van der Waals surface area (Å²) >= 11 is 4.04. The fraction of sp³-hybridized carbons (Fsp3) is 0.917. The highest BCUT2D eigenvalue weighted by molar-refractivity contribution is 8.14. The number of rotatable bonds is 1. The van der Waals surface area contributed by atoms with Crippen LogP contribution >= 0.6 is 23.5 Å². The van der Waals surface area contributed by atoms with E-state index in [0.29, 0.717) is 11.6 Å². The van der Waals surface area contributed by atoms with Crippen LogP contribution in [0, 0.1) is 0 Å². The Labute approximate surface area is 106 Å². The molecular formula is C12H20N2S2. The third-order valence-electron chi connectivity index (χ3n) is 3.91. The summed E-state index contributed by atoms with van der Waals surface area (Å²) in [6.45, 7) is 0. The van der Waals surface area contributed by atoms with Gasteiger partial charge in [0, 0.05) is 11.3 Å². The van der Waals surface area contributed by atoms with Gasteiger partial charge < -0.3 is 5.32 Å². The Hall–Kier alpha value is 0.170. The molecule has 0 radical (unpaired) electrons. The SMILES string of the molecule is C1CCC2(C1)CSC(=NC1CCSCC1)N2. The van der Waals surface area contributed by atoms with Gasteiger partial charge in [-0.05, 0) is 37.2 Å². The van der Waals surface area contributed by atoms with Gasteiger partial charge in [-0.3, -0.25) is 4.99 Å². The molecule has 3 aliphatic rings. The predicted molar refractivity (Wildman–Crippen MR) is 74.6 cm³/mol. The molecule has 1 spiro atoms. The molecule has 4 heteroatoms. The molecule has 0 unspecified atom stereocenters. The van der Waals surface area contributed by atoms with Crippen LogP contribution < -0.4 is 5.32 Å². The molecule has 3 rings (SSSR count). The van der Waals surface area contributed by atoms with Gasteiger partial charge in [0.15, 0.2) is 5.17 Å². The summed E-state index contributed by atoms with van der Waals surface area (Å²) in [5.74, 6) is 3.86. The van der Waals surface area contributed by atoms with Crippen molar-refractivity contribution in [1.82, 2.24) is 5.32 Å². The third-order valence-corrected chi connectivity index (χ3v) is 6.14. The van der Waals surface area contributed by atoms with E-state index in [1.807, 2.05) is 11.8 Å². The molecule has 16 heavy (non-hydrogen) atoms. The average molecular weight is 256 g/mol. The highest BCUT2D eigenvalue weighted by atomic mass is 32.2. The Kier molecular flexibility index (Phi) is 3.39. The number of nitrogens with one attached hydrogen (secondary N) is 1. The van der Waals surface area contributed by atoms with Gasteiger partial charge in [0.2, 0.25) is 0 Å². The van der Waals surface area contributed by atoms with Crippen molar-refractivity contribution in [3.8, 4) is 0 Å². The van der Waals surface area contributed by atoms with Crippen LogP contribution in [0.5, 0.6) is 0 Å². The minimum absolute atomic E-state index is 0.437. The van der Waals surface area contributed by atoms with E-state index >= 15 is 0 Å². The largest absolute Gasteiger partial charge is 0.359 e. The fourth-order valence-electron chi connectivity index (χ4n) is 2.88. The van der Waals surface area contributed by atoms with Crippen LogP contribution in [-0.4, -0.2) is 34.0 Å². The van der Waals surface area contributed by atoms with Gasteiger partial charge >= 0.3 is 0 Å². The van der Waals surface area contributed by atoms with Gasteiger partial charge in [-0.25, -0.2) is 0 Å². The number of nitrogens with zero attached hydrogens (tertiary/aromatic N) is 1. The number of hydrogen-bond donors (Lipinski definition) is 1. The van der Waals surface area contributed by atoms with Crippen LogP contribution in [0.3, 0.4) is 0 Å². The van der Waals surface area contributed by atoms with Gasteiger partial charge in [0.05, 0.1) is 6.04 Å². The van der Waals surface area contributed by atoms with Crippen LogP contribution in [0.4, 0.5) is 0 Å². The number of hydrogen-bond acceptors (Lipinski definition) is 3. The molecule has 0 atom stereocenters. The third kappa shape index (κ3) is 2.37. The van der Waals surface area contributed by atoms with E-state index in [9.17, 15) is 0 Å². The maximum atomic E-state index is 4.91. The first-order valence-corrected chi connectivity index (χ1v) is 8.57.